The summed E-state index contributed by atoms with van der Waals surface area (Å²) in [7, 11) is 0. The van der Waals surface area contributed by atoms with Crippen LogP contribution in [0.2, 0.25) is 0 Å². The van der Waals surface area contributed by atoms with Gasteiger partial charge in [-0.3, -0.25) is 4.79 Å². The number of ether oxygens (including phenoxy) is 1. The maximum atomic E-state index is 13.7. The van der Waals surface area contributed by atoms with Gasteiger partial charge in [-0.15, -0.1) is 10.2 Å². The number of carbonyl (C=O) groups excluding carboxylic acids is 1. The Balaban J connectivity index is 1.36. The third kappa shape index (κ3) is 4.42. The lowest BCUT2D eigenvalue weighted by molar-refractivity contribution is -0.116. The van der Waals surface area contributed by atoms with Crippen molar-refractivity contribution in [3.05, 3.63) is 65.8 Å². The smallest absolute Gasteiger partial charge is 0.277 e. The number of fused-ring (bicyclic) bond motifs is 1. The number of carbonyl (C=O) groups is 1. The number of anilines is 1. The van der Waals surface area contributed by atoms with E-state index in [1.165, 1.54) is 29.5 Å². The molecule has 2 heterocycles. The SMILES string of the molecule is C[C@H](Oc1ccccc1F)c1nnc(SCC(=O)N2CCCc3ccccc32)o1. The van der Waals surface area contributed by atoms with E-state index in [-0.39, 0.29) is 28.5 Å². The highest BCUT2D eigenvalue weighted by molar-refractivity contribution is 7.99. The lowest BCUT2D eigenvalue weighted by Crippen LogP contribution is -2.36. The molecule has 0 radical (unpaired) electrons. The van der Waals surface area contributed by atoms with E-state index in [9.17, 15) is 9.18 Å². The minimum atomic E-state index is -0.613. The molecule has 0 saturated heterocycles. The van der Waals surface area contributed by atoms with Gasteiger partial charge in [0, 0.05) is 12.2 Å². The van der Waals surface area contributed by atoms with Crippen LogP contribution in [0.25, 0.3) is 0 Å². The highest BCUT2D eigenvalue weighted by Crippen LogP contribution is 2.29. The first-order valence-electron chi connectivity index (χ1n) is 9.37. The van der Waals surface area contributed by atoms with Crippen molar-refractivity contribution >= 4 is 23.4 Å². The summed E-state index contributed by atoms with van der Waals surface area (Å²) >= 11 is 1.18. The number of thioether (sulfide) groups is 1. The molecule has 6 nitrogen and oxygen atoms in total. The van der Waals surface area contributed by atoms with Crippen LogP contribution >= 0.6 is 11.8 Å². The molecule has 1 atom stereocenters. The Bertz CT molecular complexity index is 1010. The Morgan fingerprint density at radius 2 is 2.03 bits per heavy atom. The molecule has 0 fully saturated rings. The molecule has 0 saturated carbocycles. The lowest BCUT2D eigenvalue weighted by atomic mass is 10.0. The number of benzene rings is 2. The van der Waals surface area contributed by atoms with E-state index < -0.39 is 11.9 Å². The van der Waals surface area contributed by atoms with Crippen molar-refractivity contribution in [3.63, 3.8) is 0 Å². The molecule has 0 aliphatic carbocycles. The monoisotopic (exact) mass is 413 g/mol. The van der Waals surface area contributed by atoms with Crippen LogP contribution in [0.15, 0.2) is 58.2 Å². The summed E-state index contributed by atoms with van der Waals surface area (Å²) in [5, 5.41) is 8.20. The van der Waals surface area contributed by atoms with E-state index in [2.05, 4.69) is 16.3 Å². The van der Waals surface area contributed by atoms with Crippen molar-refractivity contribution in [2.75, 3.05) is 17.2 Å². The zero-order valence-electron chi connectivity index (χ0n) is 15.9. The number of para-hydroxylation sites is 2. The predicted molar refractivity (Wildman–Crippen MR) is 108 cm³/mol. The van der Waals surface area contributed by atoms with Gasteiger partial charge in [0.25, 0.3) is 11.1 Å². The molecule has 0 unspecified atom stereocenters. The van der Waals surface area contributed by atoms with Gasteiger partial charge in [0.2, 0.25) is 5.91 Å². The Hall–Kier alpha value is -2.87. The fraction of sp³-hybridized carbons (Fsp3) is 0.286. The van der Waals surface area contributed by atoms with E-state index >= 15 is 0 Å². The minimum absolute atomic E-state index is 0.00226. The van der Waals surface area contributed by atoms with Gasteiger partial charge in [0.1, 0.15) is 0 Å². The number of hydrogen-bond acceptors (Lipinski definition) is 6. The molecule has 1 aliphatic heterocycles. The maximum Gasteiger partial charge on any atom is 0.277 e. The van der Waals surface area contributed by atoms with Crippen molar-refractivity contribution in [3.8, 4) is 5.75 Å². The molecule has 3 aromatic rings. The van der Waals surface area contributed by atoms with Crippen molar-refractivity contribution in [1.29, 1.82) is 0 Å². The molecular formula is C21H20FN3O3S. The van der Waals surface area contributed by atoms with Crippen LogP contribution in [0.3, 0.4) is 0 Å². The van der Waals surface area contributed by atoms with Gasteiger partial charge < -0.3 is 14.1 Å². The van der Waals surface area contributed by atoms with Crippen molar-refractivity contribution in [2.45, 2.75) is 31.1 Å². The average Bonchev–Trinajstić information content (AvgIpc) is 3.22. The number of halogens is 1. The number of hydrogen-bond donors (Lipinski definition) is 0. The number of nitrogens with zero attached hydrogens (tertiary/aromatic N) is 3. The van der Waals surface area contributed by atoms with Crippen LogP contribution in [0.1, 0.15) is 30.9 Å². The van der Waals surface area contributed by atoms with Gasteiger partial charge >= 0.3 is 0 Å². The molecule has 1 aromatic heterocycles. The molecule has 0 bridgehead atoms. The highest BCUT2D eigenvalue weighted by Gasteiger charge is 2.23. The molecule has 29 heavy (non-hydrogen) atoms. The first-order valence-corrected chi connectivity index (χ1v) is 10.4. The number of amides is 1. The fourth-order valence-corrected chi connectivity index (χ4v) is 3.86. The van der Waals surface area contributed by atoms with Crippen LogP contribution in [-0.2, 0) is 11.2 Å². The van der Waals surface area contributed by atoms with Gasteiger partial charge in [-0.05, 0) is 43.5 Å². The minimum Gasteiger partial charge on any atom is -0.478 e. The Kier molecular flexibility index (Phi) is 5.80. The molecule has 2 aromatic carbocycles. The molecule has 0 N–H and O–H groups in total. The summed E-state index contributed by atoms with van der Waals surface area (Å²) in [6.45, 7) is 2.41. The van der Waals surface area contributed by atoms with E-state index in [4.69, 9.17) is 9.15 Å². The van der Waals surface area contributed by atoms with E-state index in [1.807, 2.05) is 23.1 Å². The summed E-state index contributed by atoms with van der Waals surface area (Å²) in [4.78, 5) is 14.5. The molecule has 1 amide bonds. The Labute approximate surface area is 172 Å². The van der Waals surface area contributed by atoms with E-state index in [0.29, 0.717) is 6.54 Å². The van der Waals surface area contributed by atoms with Crippen molar-refractivity contribution in [2.24, 2.45) is 0 Å². The van der Waals surface area contributed by atoms with Crippen LogP contribution < -0.4 is 9.64 Å². The van der Waals surface area contributed by atoms with Crippen LogP contribution in [-0.4, -0.2) is 28.4 Å². The summed E-state index contributed by atoms with van der Waals surface area (Å²) < 4.78 is 24.9. The maximum absolute atomic E-state index is 13.7. The van der Waals surface area contributed by atoms with Crippen molar-refractivity contribution < 1.29 is 18.3 Å². The Morgan fingerprint density at radius 1 is 1.24 bits per heavy atom. The van der Waals surface area contributed by atoms with Gasteiger partial charge in [-0.2, -0.15) is 0 Å². The molecular weight excluding hydrogens is 393 g/mol. The Morgan fingerprint density at radius 3 is 2.90 bits per heavy atom. The molecule has 8 heteroatoms. The van der Waals surface area contributed by atoms with Gasteiger partial charge in [-0.1, -0.05) is 42.1 Å². The average molecular weight is 413 g/mol. The summed E-state index contributed by atoms with van der Waals surface area (Å²) in [6.07, 6.45) is 1.32. The highest BCUT2D eigenvalue weighted by atomic mass is 32.2. The first kappa shape index (κ1) is 19.4. The second kappa shape index (κ2) is 8.65. The number of rotatable bonds is 6. The topological polar surface area (TPSA) is 68.5 Å². The second-order valence-corrected chi connectivity index (χ2v) is 7.59. The molecule has 1 aliphatic rings. The van der Waals surface area contributed by atoms with Gasteiger partial charge in [0.15, 0.2) is 17.7 Å². The first-order chi connectivity index (χ1) is 14.1. The fourth-order valence-electron chi connectivity index (χ4n) is 3.22. The normalized spacial score (nSPS) is 14.3. The zero-order chi connectivity index (χ0) is 20.2. The molecule has 4 rings (SSSR count). The summed E-state index contributed by atoms with van der Waals surface area (Å²) in [6, 6.07) is 14.1. The largest absolute Gasteiger partial charge is 0.478 e. The molecule has 150 valence electrons. The van der Waals surface area contributed by atoms with E-state index in [0.717, 1.165) is 18.5 Å². The zero-order valence-corrected chi connectivity index (χ0v) is 16.7. The molecule has 0 spiro atoms. The third-order valence-electron chi connectivity index (χ3n) is 4.64. The van der Waals surface area contributed by atoms with Crippen molar-refractivity contribution in [1.82, 2.24) is 10.2 Å². The van der Waals surface area contributed by atoms with Crippen LogP contribution in [0.5, 0.6) is 5.75 Å². The quantitative estimate of drug-likeness (QED) is 0.557. The second-order valence-electron chi connectivity index (χ2n) is 6.66. The standard InChI is InChI=1S/C21H20FN3O3S/c1-14(27-18-11-5-3-9-16(18)22)20-23-24-21(28-20)29-13-19(26)25-12-6-8-15-7-2-4-10-17(15)25/h2-5,7,9-11,14H,6,8,12-13H2,1H3/t14-/m0/s1. The summed E-state index contributed by atoms with van der Waals surface area (Å²) in [5.74, 6) is 0.0784. The van der Waals surface area contributed by atoms with Gasteiger partial charge in [-0.25, -0.2) is 4.39 Å². The van der Waals surface area contributed by atoms with Gasteiger partial charge in [0.05, 0.1) is 5.75 Å². The van der Waals surface area contributed by atoms with Crippen LogP contribution in [0.4, 0.5) is 10.1 Å². The number of aryl methyl sites for hydroxylation is 1. The summed E-state index contributed by atoms with van der Waals surface area (Å²) in [5.41, 5.74) is 2.17. The number of aromatic nitrogens is 2. The predicted octanol–water partition coefficient (Wildman–Crippen LogP) is 4.42. The lowest BCUT2D eigenvalue weighted by Gasteiger charge is -2.29. The van der Waals surface area contributed by atoms with Crippen LogP contribution in [0, 0.1) is 5.82 Å². The van der Waals surface area contributed by atoms with E-state index in [1.54, 1.807) is 19.1 Å². The third-order valence-corrected chi connectivity index (χ3v) is 5.44.